The molecule has 0 aliphatic heterocycles. The fourth-order valence-corrected chi connectivity index (χ4v) is 6.76. The van der Waals surface area contributed by atoms with E-state index in [4.69, 9.17) is 0 Å². The molecule has 0 aliphatic carbocycles. The van der Waals surface area contributed by atoms with Gasteiger partial charge in [-0.2, -0.15) is 0 Å². The van der Waals surface area contributed by atoms with Crippen LogP contribution in [0.1, 0.15) is 240 Å². The maximum Gasteiger partial charge on any atom is -0.00187 e. The average molecular weight is 606 g/mol. The first-order chi connectivity index (χ1) is 21.1. The summed E-state index contributed by atoms with van der Waals surface area (Å²) in [6.07, 6.45) is 46.7. The van der Waals surface area contributed by atoms with Crippen LogP contribution < -0.4 is 0 Å². The molecule has 260 valence electrons. The lowest BCUT2D eigenvalue weighted by molar-refractivity contribution is 0.254. The molecule has 0 saturated carbocycles. The van der Waals surface area contributed by atoms with Crippen LogP contribution in [0.25, 0.3) is 0 Å². The maximum atomic E-state index is 2.86. The highest BCUT2D eigenvalue weighted by molar-refractivity contribution is 4.61. The van der Waals surface area contributed by atoms with Crippen LogP contribution in [0.4, 0.5) is 0 Å². The molecule has 0 aromatic carbocycles. The van der Waals surface area contributed by atoms with Gasteiger partial charge in [0.15, 0.2) is 0 Å². The maximum absolute atomic E-state index is 2.86. The van der Waals surface area contributed by atoms with E-state index in [-0.39, 0.29) is 0 Å². The number of hydrogen-bond donors (Lipinski definition) is 0. The summed E-state index contributed by atoms with van der Waals surface area (Å²) in [7, 11) is 0. The van der Waals surface area contributed by atoms with Gasteiger partial charge in [-0.05, 0) is 50.7 Å². The summed E-state index contributed by atoms with van der Waals surface area (Å²) >= 11 is 0. The second-order valence-corrected chi connectivity index (χ2v) is 15.5. The zero-order valence-corrected chi connectivity index (χ0v) is 31.4. The van der Waals surface area contributed by atoms with Gasteiger partial charge < -0.3 is 4.90 Å². The van der Waals surface area contributed by atoms with Gasteiger partial charge in [-0.3, -0.25) is 0 Å². The van der Waals surface area contributed by atoms with Crippen molar-refractivity contribution in [1.82, 2.24) is 4.90 Å². The van der Waals surface area contributed by atoms with Crippen molar-refractivity contribution in [3.63, 3.8) is 0 Å². The van der Waals surface area contributed by atoms with E-state index in [2.05, 4.69) is 39.5 Å². The third kappa shape index (κ3) is 38.1. The Bertz CT molecular complexity index is 451. The van der Waals surface area contributed by atoms with Crippen LogP contribution in [-0.4, -0.2) is 24.5 Å². The molecule has 0 rings (SSSR count). The molecule has 1 nitrogen and oxygen atoms in total. The highest BCUT2D eigenvalue weighted by atomic mass is 15.1. The normalized spacial score (nSPS) is 12.0. The molecule has 0 amide bonds. The van der Waals surface area contributed by atoms with E-state index in [1.807, 2.05) is 0 Å². The molecule has 0 heterocycles. The molecule has 0 radical (unpaired) electrons. The van der Waals surface area contributed by atoms with Crippen LogP contribution in [0.3, 0.4) is 0 Å². The fraction of sp³-hybridized carbons (Fsp3) is 1.00. The quantitative estimate of drug-likeness (QED) is 0.0637. The monoisotopic (exact) mass is 606 g/mol. The van der Waals surface area contributed by atoms with Crippen LogP contribution >= 0.6 is 0 Å². The molecule has 0 aromatic rings. The van der Waals surface area contributed by atoms with Gasteiger partial charge in [0.05, 0.1) is 0 Å². The summed E-state index contributed by atoms with van der Waals surface area (Å²) in [5.74, 6) is 1.78. The number of nitrogens with zero attached hydrogens (tertiary/aromatic N) is 1. The van der Waals surface area contributed by atoms with Gasteiger partial charge in [0.25, 0.3) is 0 Å². The van der Waals surface area contributed by atoms with E-state index >= 15 is 0 Å². The Morgan fingerprint density at radius 3 is 0.721 bits per heavy atom. The first-order valence-electron chi connectivity index (χ1n) is 20.8. The van der Waals surface area contributed by atoms with Crippen LogP contribution in [0.2, 0.25) is 0 Å². The molecule has 0 bridgehead atoms. The Morgan fingerprint density at radius 1 is 0.279 bits per heavy atom. The minimum absolute atomic E-state index is 0.889. The molecule has 0 saturated heterocycles. The number of rotatable bonds is 37. The second-order valence-electron chi connectivity index (χ2n) is 15.5. The first kappa shape index (κ1) is 43.0. The Balaban J connectivity index is 3.91. The summed E-state index contributed by atoms with van der Waals surface area (Å²) in [4.78, 5) is 2.86. The molecule has 0 atom stereocenters. The van der Waals surface area contributed by atoms with Gasteiger partial charge in [0, 0.05) is 0 Å². The molecule has 0 N–H and O–H groups in total. The second kappa shape index (κ2) is 36.4. The van der Waals surface area contributed by atoms with E-state index in [1.165, 1.54) is 225 Å². The van der Waals surface area contributed by atoms with Crippen molar-refractivity contribution in [3.05, 3.63) is 0 Å². The predicted molar refractivity (Wildman–Crippen MR) is 200 cm³/mol. The van der Waals surface area contributed by atoms with Gasteiger partial charge in [0.2, 0.25) is 0 Å². The molecule has 0 fully saturated rings. The minimum Gasteiger partial charge on any atom is -0.303 e. The SMILES string of the molecule is CCCCCCCCCCCCN(CCCCCCCCCCCCC(C)C)CCCCCCCCCCCCC(C)C. The van der Waals surface area contributed by atoms with Crippen molar-refractivity contribution in [1.29, 1.82) is 0 Å². The third-order valence-corrected chi connectivity index (χ3v) is 9.84. The van der Waals surface area contributed by atoms with Crippen molar-refractivity contribution in [2.75, 3.05) is 19.6 Å². The Hall–Kier alpha value is -0.0400. The fourth-order valence-electron chi connectivity index (χ4n) is 6.76. The van der Waals surface area contributed by atoms with Crippen LogP contribution in [0.15, 0.2) is 0 Å². The van der Waals surface area contributed by atoms with Gasteiger partial charge in [-0.15, -0.1) is 0 Å². The lowest BCUT2D eigenvalue weighted by Gasteiger charge is -2.22. The standard InChI is InChI=1S/C42H87N/c1-6-7-8-9-10-11-18-23-28-33-38-43(39-34-29-24-19-14-12-16-21-26-31-36-41(2)3)40-35-30-25-20-15-13-17-22-27-32-37-42(4)5/h41-42H,6-40H2,1-5H3. The van der Waals surface area contributed by atoms with Crippen LogP contribution in [0.5, 0.6) is 0 Å². The Labute approximate surface area is 275 Å². The topological polar surface area (TPSA) is 3.24 Å². The van der Waals surface area contributed by atoms with Gasteiger partial charge >= 0.3 is 0 Å². The van der Waals surface area contributed by atoms with Gasteiger partial charge in [-0.25, -0.2) is 0 Å². The predicted octanol–water partition coefficient (Wildman–Crippen LogP) is 15.1. The minimum atomic E-state index is 0.889. The molecule has 43 heavy (non-hydrogen) atoms. The highest BCUT2D eigenvalue weighted by Gasteiger charge is 2.05. The molecule has 0 unspecified atom stereocenters. The molecule has 0 aliphatic rings. The lowest BCUT2D eigenvalue weighted by atomic mass is 10.0. The molecule has 0 aromatic heterocycles. The number of unbranched alkanes of at least 4 members (excludes halogenated alkanes) is 27. The third-order valence-electron chi connectivity index (χ3n) is 9.84. The smallest absolute Gasteiger partial charge is 0.00187 e. The highest BCUT2D eigenvalue weighted by Crippen LogP contribution is 2.16. The zero-order valence-electron chi connectivity index (χ0n) is 31.4. The van der Waals surface area contributed by atoms with Crippen molar-refractivity contribution >= 4 is 0 Å². The van der Waals surface area contributed by atoms with E-state index in [0.29, 0.717) is 0 Å². The van der Waals surface area contributed by atoms with Crippen LogP contribution in [0, 0.1) is 11.8 Å². The summed E-state index contributed by atoms with van der Waals surface area (Å²) in [6, 6.07) is 0. The molecular weight excluding hydrogens is 518 g/mol. The summed E-state index contributed by atoms with van der Waals surface area (Å²) in [5, 5.41) is 0. The molecule has 1 heteroatoms. The Morgan fingerprint density at radius 2 is 0.488 bits per heavy atom. The zero-order chi connectivity index (χ0) is 31.5. The van der Waals surface area contributed by atoms with E-state index < -0.39 is 0 Å². The van der Waals surface area contributed by atoms with E-state index in [0.717, 1.165) is 11.8 Å². The van der Waals surface area contributed by atoms with Crippen molar-refractivity contribution < 1.29 is 0 Å². The van der Waals surface area contributed by atoms with Crippen molar-refractivity contribution in [2.24, 2.45) is 11.8 Å². The summed E-state index contributed by atoms with van der Waals surface area (Å²) in [5.41, 5.74) is 0. The first-order valence-corrected chi connectivity index (χ1v) is 20.8. The lowest BCUT2D eigenvalue weighted by Crippen LogP contribution is -2.27. The molecule has 0 spiro atoms. The van der Waals surface area contributed by atoms with E-state index in [9.17, 15) is 0 Å². The number of hydrogen-bond acceptors (Lipinski definition) is 1. The van der Waals surface area contributed by atoms with Gasteiger partial charge in [-0.1, -0.05) is 221 Å². The summed E-state index contributed by atoms with van der Waals surface area (Å²) in [6.45, 7) is 15.8. The Kier molecular flexibility index (Phi) is 36.4. The largest absolute Gasteiger partial charge is 0.303 e. The van der Waals surface area contributed by atoms with Gasteiger partial charge in [0.1, 0.15) is 0 Å². The van der Waals surface area contributed by atoms with Crippen molar-refractivity contribution in [2.45, 2.75) is 240 Å². The van der Waals surface area contributed by atoms with Crippen molar-refractivity contribution in [3.8, 4) is 0 Å². The molecular formula is C42H87N. The summed E-state index contributed by atoms with van der Waals surface area (Å²) < 4.78 is 0. The average Bonchev–Trinajstić information content (AvgIpc) is 2.98. The van der Waals surface area contributed by atoms with Crippen LogP contribution in [-0.2, 0) is 0 Å². The van der Waals surface area contributed by atoms with E-state index in [1.54, 1.807) is 0 Å².